The van der Waals surface area contributed by atoms with E-state index in [0.29, 0.717) is 12.1 Å². The van der Waals surface area contributed by atoms with Gasteiger partial charge in [-0.25, -0.2) is 9.97 Å². The lowest BCUT2D eigenvalue weighted by molar-refractivity contribution is -0.0462. The minimum absolute atomic E-state index is 0.211. The van der Waals surface area contributed by atoms with E-state index in [1.807, 2.05) is 0 Å². The predicted molar refractivity (Wildman–Crippen MR) is 68.9 cm³/mol. The number of aromatic nitrogens is 4. The second kappa shape index (κ2) is 5.98. The number of fused-ring (bicyclic) bond motifs is 1. The molecule has 18 heavy (non-hydrogen) atoms. The van der Waals surface area contributed by atoms with Crippen LogP contribution in [0.4, 0.5) is 5.95 Å². The van der Waals surface area contributed by atoms with E-state index >= 15 is 0 Å². The molecule has 2 rings (SSSR count). The summed E-state index contributed by atoms with van der Waals surface area (Å²) in [5.74, 6) is 1.04. The number of hydrogen-bond acceptors (Lipinski definition) is 7. The summed E-state index contributed by atoms with van der Waals surface area (Å²) < 4.78 is 0. The molecule has 0 aromatic carbocycles. The van der Waals surface area contributed by atoms with Crippen LogP contribution >= 0.6 is 11.8 Å². The largest absolute Gasteiger partial charge is 0.368 e. The molecular formula is C10H15N5O2S. The van der Waals surface area contributed by atoms with Crippen LogP contribution in [0.2, 0.25) is 0 Å². The Bertz CT molecular complexity index is 516. The van der Waals surface area contributed by atoms with Gasteiger partial charge in [0, 0.05) is 0 Å². The quantitative estimate of drug-likeness (QED) is 0.261. The molecule has 0 spiro atoms. The SMILES string of the molecule is Nc1nc(SCCCCC(O)O)c2[nH]cnc2n1. The first kappa shape index (κ1) is 13.1. The molecule has 0 saturated heterocycles. The number of thioether (sulfide) groups is 1. The number of H-pyrrole nitrogens is 1. The van der Waals surface area contributed by atoms with Crippen molar-refractivity contribution >= 4 is 28.9 Å². The molecule has 8 heteroatoms. The molecule has 7 nitrogen and oxygen atoms in total. The van der Waals surface area contributed by atoms with Crippen LogP contribution in [0.3, 0.4) is 0 Å². The lowest BCUT2D eigenvalue weighted by atomic mass is 10.2. The van der Waals surface area contributed by atoms with E-state index < -0.39 is 6.29 Å². The van der Waals surface area contributed by atoms with Crippen molar-refractivity contribution in [3.05, 3.63) is 6.33 Å². The molecule has 98 valence electrons. The van der Waals surface area contributed by atoms with Gasteiger partial charge in [-0.3, -0.25) is 0 Å². The number of rotatable bonds is 6. The van der Waals surface area contributed by atoms with Gasteiger partial charge in [0.1, 0.15) is 10.5 Å². The number of aromatic amines is 1. The Hall–Kier alpha value is -1.38. The highest BCUT2D eigenvalue weighted by Crippen LogP contribution is 2.24. The smallest absolute Gasteiger partial charge is 0.223 e. The van der Waals surface area contributed by atoms with Crippen LogP contribution in [0.15, 0.2) is 11.4 Å². The highest BCUT2D eigenvalue weighted by molar-refractivity contribution is 7.99. The Morgan fingerprint density at radius 1 is 1.33 bits per heavy atom. The van der Waals surface area contributed by atoms with E-state index in [1.54, 1.807) is 18.1 Å². The first-order valence-corrected chi connectivity index (χ1v) is 6.61. The number of anilines is 1. The van der Waals surface area contributed by atoms with Gasteiger partial charge < -0.3 is 20.9 Å². The number of imidazole rings is 1. The van der Waals surface area contributed by atoms with Crippen LogP contribution in [0.5, 0.6) is 0 Å². The summed E-state index contributed by atoms with van der Waals surface area (Å²) in [7, 11) is 0. The molecule has 0 fully saturated rings. The van der Waals surface area contributed by atoms with Crippen molar-refractivity contribution in [2.24, 2.45) is 0 Å². The van der Waals surface area contributed by atoms with Gasteiger partial charge in [-0.05, 0) is 25.0 Å². The maximum atomic E-state index is 8.72. The second-order valence-corrected chi connectivity index (χ2v) is 4.90. The summed E-state index contributed by atoms with van der Waals surface area (Å²) in [5.41, 5.74) is 6.95. The number of nitrogens with two attached hydrogens (primary N) is 1. The van der Waals surface area contributed by atoms with Gasteiger partial charge in [0.15, 0.2) is 11.9 Å². The van der Waals surface area contributed by atoms with Crippen molar-refractivity contribution in [1.29, 1.82) is 0 Å². The Kier molecular flexibility index (Phi) is 4.34. The van der Waals surface area contributed by atoms with Gasteiger partial charge in [-0.2, -0.15) is 4.98 Å². The standard InChI is InChI=1S/C10H15N5O2S/c11-10-14-8-7(12-5-13-8)9(15-10)18-4-2-1-3-6(16)17/h5-6,16-17H,1-4H2,(H3,11,12,13,14,15). The normalized spacial score (nSPS) is 11.5. The molecule has 0 aliphatic rings. The molecule has 2 heterocycles. The van der Waals surface area contributed by atoms with Gasteiger partial charge >= 0.3 is 0 Å². The Balaban J connectivity index is 1.93. The summed E-state index contributed by atoms with van der Waals surface area (Å²) in [6.45, 7) is 0. The minimum atomic E-state index is -1.22. The molecule has 0 radical (unpaired) electrons. The van der Waals surface area contributed by atoms with Gasteiger partial charge in [-0.1, -0.05) is 0 Å². The van der Waals surface area contributed by atoms with Crippen LogP contribution in [0, 0.1) is 0 Å². The summed E-state index contributed by atoms with van der Waals surface area (Å²) in [6, 6.07) is 0. The highest BCUT2D eigenvalue weighted by Gasteiger charge is 2.08. The van der Waals surface area contributed by atoms with Crippen molar-refractivity contribution in [1.82, 2.24) is 19.9 Å². The first-order valence-electron chi connectivity index (χ1n) is 5.62. The van der Waals surface area contributed by atoms with E-state index in [4.69, 9.17) is 15.9 Å². The zero-order valence-electron chi connectivity index (χ0n) is 9.70. The van der Waals surface area contributed by atoms with E-state index in [9.17, 15) is 0 Å². The Labute approximate surface area is 108 Å². The molecule has 0 unspecified atom stereocenters. The zero-order valence-corrected chi connectivity index (χ0v) is 10.5. The molecule has 0 bridgehead atoms. The van der Waals surface area contributed by atoms with Crippen molar-refractivity contribution in [3.63, 3.8) is 0 Å². The molecule has 0 aliphatic heterocycles. The third-order valence-electron chi connectivity index (χ3n) is 2.37. The lowest BCUT2D eigenvalue weighted by Crippen LogP contribution is -2.03. The van der Waals surface area contributed by atoms with Crippen molar-refractivity contribution in [2.45, 2.75) is 30.6 Å². The fourth-order valence-electron chi connectivity index (χ4n) is 1.52. The monoisotopic (exact) mass is 269 g/mol. The lowest BCUT2D eigenvalue weighted by Gasteiger charge is -2.04. The highest BCUT2D eigenvalue weighted by atomic mass is 32.2. The van der Waals surface area contributed by atoms with Crippen molar-refractivity contribution in [3.8, 4) is 0 Å². The molecule has 2 aromatic rings. The third-order valence-corrected chi connectivity index (χ3v) is 3.43. The summed E-state index contributed by atoms with van der Waals surface area (Å²) in [6.07, 6.45) is 2.37. The number of hydrogen-bond donors (Lipinski definition) is 4. The topological polar surface area (TPSA) is 121 Å². The van der Waals surface area contributed by atoms with E-state index in [2.05, 4.69) is 19.9 Å². The van der Waals surface area contributed by atoms with Crippen molar-refractivity contribution in [2.75, 3.05) is 11.5 Å². The van der Waals surface area contributed by atoms with Crippen LogP contribution < -0.4 is 5.73 Å². The van der Waals surface area contributed by atoms with Crippen LogP contribution in [-0.4, -0.2) is 42.2 Å². The van der Waals surface area contributed by atoms with Crippen molar-refractivity contribution < 1.29 is 10.2 Å². The maximum absolute atomic E-state index is 8.72. The summed E-state index contributed by atoms with van der Waals surface area (Å²) >= 11 is 1.55. The molecule has 5 N–H and O–H groups in total. The second-order valence-electron chi connectivity index (χ2n) is 3.81. The average molecular weight is 269 g/mol. The number of unbranched alkanes of at least 4 members (excludes halogenated alkanes) is 1. The van der Waals surface area contributed by atoms with E-state index in [0.717, 1.165) is 29.1 Å². The fraction of sp³-hybridized carbons (Fsp3) is 0.500. The number of aliphatic hydroxyl groups excluding tert-OH is 1. The number of nitrogens with zero attached hydrogens (tertiary/aromatic N) is 3. The van der Waals surface area contributed by atoms with Gasteiger partial charge in [0.25, 0.3) is 0 Å². The predicted octanol–water partition coefficient (Wildman–Crippen LogP) is 0.508. The molecule has 0 aliphatic carbocycles. The number of aliphatic hydroxyl groups is 2. The maximum Gasteiger partial charge on any atom is 0.223 e. The summed E-state index contributed by atoms with van der Waals surface area (Å²) in [4.78, 5) is 15.2. The van der Waals surface area contributed by atoms with Gasteiger partial charge in [-0.15, -0.1) is 11.8 Å². The summed E-state index contributed by atoms with van der Waals surface area (Å²) in [5, 5.41) is 18.2. The zero-order chi connectivity index (χ0) is 13.0. The van der Waals surface area contributed by atoms with Gasteiger partial charge in [0.05, 0.1) is 6.33 Å². The average Bonchev–Trinajstić information content (AvgIpc) is 2.75. The molecule has 0 amide bonds. The first-order chi connectivity index (χ1) is 8.66. The Morgan fingerprint density at radius 3 is 2.94 bits per heavy atom. The molecule has 0 saturated carbocycles. The molecular weight excluding hydrogens is 254 g/mol. The number of nitrogens with one attached hydrogen (secondary N) is 1. The fourth-order valence-corrected chi connectivity index (χ4v) is 2.52. The van der Waals surface area contributed by atoms with E-state index in [-0.39, 0.29) is 5.95 Å². The van der Waals surface area contributed by atoms with Crippen LogP contribution in [0.25, 0.3) is 11.2 Å². The van der Waals surface area contributed by atoms with Crippen LogP contribution in [-0.2, 0) is 0 Å². The molecule has 0 atom stereocenters. The number of nitrogen functional groups attached to an aromatic ring is 1. The Morgan fingerprint density at radius 2 is 2.17 bits per heavy atom. The third kappa shape index (κ3) is 3.31. The van der Waals surface area contributed by atoms with Crippen LogP contribution in [0.1, 0.15) is 19.3 Å². The van der Waals surface area contributed by atoms with E-state index in [1.165, 1.54) is 0 Å². The molecule has 2 aromatic heterocycles. The minimum Gasteiger partial charge on any atom is -0.368 e. The van der Waals surface area contributed by atoms with Gasteiger partial charge in [0.2, 0.25) is 5.95 Å².